The van der Waals surface area contributed by atoms with Crippen LogP contribution in [0.2, 0.25) is 10.0 Å². The topological polar surface area (TPSA) is 120 Å². The number of hydrogen-bond donors (Lipinski definition) is 3. The van der Waals surface area contributed by atoms with E-state index < -0.39 is 0 Å². The summed E-state index contributed by atoms with van der Waals surface area (Å²) in [7, 11) is 0. The SMILES string of the molecule is N#Cc1cncc(COc2cc(O[C@H]3CCc4c(-c5cccc(OCCCN6CCC(O)CC6)c5Cl)cccc43)c(Cl)cc2CN[C@@H]2CCC[C@H]2O)c1. The number of ether oxygens (including phenoxy) is 3. The maximum atomic E-state index is 10.4. The predicted molar refractivity (Wildman–Crippen MR) is 206 cm³/mol. The molecule has 0 bridgehead atoms. The van der Waals surface area contributed by atoms with Crippen LogP contribution in [0.4, 0.5) is 0 Å². The van der Waals surface area contributed by atoms with Gasteiger partial charge in [-0.1, -0.05) is 53.5 Å². The Balaban J connectivity index is 1.06. The minimum atomic E-state index is -0.374. The highest BCUT2D eigenvalue weighted by atomic mass is 35.5. The number of rotatable bonds is 14. The van der Waals surface area contributed by atoms with Gasteiger partial charge in [-0.3, -0.25) is 4.98 Å². The van der Waals surface area contributed by atoms with Gasteiger partial charge in [-0.05, 0) is 86.3 Å². The Labute approximate surface area is 321 Å². The van der Waals surface area contributed by atoms with E-state index in [1.54, 1.807) is 12.3 Å². The second kappa shape index (κ2) is 17.5. The van der Waals surface area contributed by atoms with Gasteiger partial charge in [-0.15, -0.1) is 0 Å². The van der Waals surface area contributed by atoms with E-state index in [0.717, 1.165) is 98.8 Å². The Hall–Kier alpha value is -3.88. The zero-order valence-corrected chi connectivity index (χ0v) is 31.3. The summed E-state index contributed by atoms with van der Waals surface area (Å²) < 4.78 is 19.2. The quantitative estimate of drug-likeness (QED) is 0.111. The average Bonchev–Trinajstić information content (AvgIpc) is 3.79. The second-order valence-electron chi connectivity index (χ2n) is 14.3. The summed E-state index contributed by atoms with van der Waals surface area (Å²) in [4.78, 5) is 6.55. The molecule has 0 radical (unpaired) electrons. The van der Waals surface area contributed by atoms with Crippen LogP contribution in [0.3, 0.4) is 0 Å². The molecule has 9 nitrogen and oxygen atoms in total. The summed E-state index contributed by atoms with van der Waals surface area (Å²) in [5, 5.41) is 34.1. The van der Waals surface area contributed by atoms with Crippen LogP contribution in [0.25, 0.3) is 11.1 Å². The fourth-order valence-electron chi connectivity index (χ4n) is 7.73. The number of likely N-dealkylation sites (tertiary alicyclic amines) is 1. The molecule has 3 atom stereocenters. The number of fused-ring (bicyclic) bond motifs is 1. The molecule has 1 saturated heterocycles. The first-order valence-electron chi connectivity index (χ1n) is 18.7. The third kappa shape index (κ3) is 9.09. The van der Waals surface area contributed by atoms with E-state index >= 15 is 0 Å². The first-order valence-corrected chi connectivity index (χ1v) is 19.4. The first-order chi connectivity index (χ1) is 25.9. The van der Waals surface area contributed by atoms with Crippen molar-refractivity contribution in [3.05, 3.63) is 105 Å². The van der Waals surface area contributed by atoms with E-state index in [2.05, 4.69) is 33.4 Å². The highest BCUT2D eigenvalue weighted by molar-refractivity contribution is 6.35. The van der Waals surface area contributed by atoms with Crippen LogP contribution in [0.5, 0.6) is 17.2 Å². The Bertz CT molecular complexity index is 1930. The van der Waals surface area contributed by atoms with Crippen LogP contribution < -0.4 is 19.5 Å². The number of piperidine rings is 1. The molecule has 2 fully saturated rings. The van der Waals surface area contributed by atoms with Crippen molar-refractivity contribution < 1.29 is 24.4 Å². The number of nitriles is 1. The van der Waals surface area contributed by atoms with E-state index in [9.17, 15) is 15.5 Å². The molecule has 0 amide bonds. The van der Waals surface area contributed by atoms with Crippen LogP contribution in [-0.4, -0.2) is 64.6 Å². The largest absolute Gasteiger partial charge is 0.492 e. The second-order valence-corrected chi connectivity index (χ2v) is 15.1. The van der Waals surface area contributed by atoms with Crippen molar-refractivity contribution in [3.8, 4) is 34.4 Å². The average molecular weight is 758 g/mol. The van der Waals surface area contributed by atoms with Crippen molar-refractivity contribution in [2.45, 2.75) is 88.9 Å². The fraction of sp³-hybridized carbons (Fsp3) is 0.429. The van der Waals surface area contributed by atoms with Gasteiger partial charge in [0.05, 0.1) is 34.4 Å². The van der Waals surface area contributed by atoms with Gasteiger partial charge in [0.2, 0.25) is 0 Å². The Kier molecular flexibility index (Phi) is 12.4. The van der Waals surface area contributed by atoms with E-state index in [4.69, 9.17) is 37.4 Å². The van der Waals surface area contributed by atoms with Crippen molar-refractivity contribution in [2.24, 2.45) is 0 Å². The van der Waals surface area contributed by atoms with Crippen LogP contribution in [0.15, 0.2) is 67.0 Å². The number of hydrogen-bond acceptors (Lipinski definition) is 9. The van der Waals surface area contributed by atoms with Gasteiger partial charge in [-0.25, -0.2) is 0 Å². The summed E-state index contributed by atoms with van der Waals surface area (Å²) in [6.07, 6.45) is 9.28. The van der Waals surface area contributed by atoms with E-state index in [1.165, 1.54) is 11.8 Å². The fourth-order valence-corrected chi connectivity index (χ4v) is 8.25. The zero-order chi connectivity index (χ0) is 36.7. The molecule has 278 valence electrons. The molecule has 1 aromatic heterocycles. The summed E-state index contributed by atoms with van der Waals surface area (Å²) in [6, 6.07) is 19.8. The minimum absolute atomic E-state index is 0.0139. The lowest BCUT2D eigenvalue weighted by atomic mass is 9.96. The maximum Gasteiger partial charge on any atom is 0.142 e. The van der Waals surface area contributed by atoms with Gasteiger partial charge in [-0.2, -0.15) is 5.26 Å². The number of pyridine rings is 1. The smallest absolute Gasteiger partial charge is 0.142 e. The molecule has 1 aliphatic heterocycles. The summed E-state index contributed by atoms with van der Waals surface area (Å²) in [6.45, 7) is 4.04. The molecular formula is C42H46Cl2N4O5. The van der Waals surface area contributed by atoms with Gasteiger partial charge < -0.3 is 34.6 Å². The molecule has 53 heavy (non-hydrogen) atoms. The standard InChI is InChI=1S/C42H46Cl2N4O5/c43-35-20-29(25-47-36-8-3-9-37(36)50)40(52-26-28-19-27(22-45)23-46-24-28)21-41(35)53-38-12-11-32-31(5-1-6-33(32)38)34-7-2-10-39(42(34)44)51-18-4-15-48-16-13-30(49)14-17-48/h1-2,5-7,10,19-21,23-24,30,36-38,47,49-50H,3-4,8-9,11-18,25-26H2/t36-,37-,38+/m1/s1. The van der Waals surface area contributed by atoms with Crippen LogP contribution in [0.1, 0.15) is 78.9 Å². The molecule has 7 rings (SSSR count). The van der Waals surface area contributed by atoms with Crippen molar-refractivity contribution in [1.29, 1.82) is 5.26 Å². The molecule has 0 spiro atoms. The van der Waals surface area contributed by atoms with Crippen molar-refractivity contribution in [3.63, 3.8) is 0 Å². The highest BCUT2D eigenvalue weighted by Gasteiger charge is 2.29. The van der Waals surface area contributed by atoms with E-state index in [0.29, 0.717) is 46.0 Å². The minimum Gasteiger partial charge on any atom is -0.492 e. The molecule has 4 aromatic rings. The number of aliphatic hydroxyl groups excluding tert-OH is 2. The molecular weight excluding hydrogens is 711 g/mol. The molecule has 11 heteroatoms. The van der Waals surface area contributed by atoms with Crippen molar-refractivity contribution in [1.82, 2.24) is 15.2 Å². The summed E-state index contributed by atoms with van der Waals surface area (Å²) in [5.41, 5.74) is 6.37. The summed E-state index contributed by atoms with van der Waals surface area (Å²) >= 11 is 13.9. The normalized spacial score (nSPS) is 20.2. The van der Waals surface area contributed by atoms with E-state index in [1.807, 2.05) is 36.4 Å². The molecule has 2 heterocycles. The molecule has 0 unspecified atom stereocenters. The lowest BCUT2D eigenvalue weighted by Gasteiger charge is -2.29. The van der Waals surface area contributed by atoms with Crippen molar-refractivity contribution in [2.75, 3.05) is 26.2 Å². The van der Waals surface area contributed by atoms with Crippen LogP contribution in [0, 0.1) is 11.3 Å². The lowest BCUT2D eigenvalue weighted by Crippen LogP contribution is -2.36. The third-order valence-electron chi connectivity index (χ3n) is 10.6. The third-order valence-corrected chi connectivity index (χ3v) is 11.3. The molecule has 2 aliphatic carbocycles. The lowest BCUT2D eigenvalue weighted by molar-refractivity contribution is 0.0800. The monoisotopic (exact) mass is 756 g/mol. The number of nitrogens with one attached hydrogen (secondary N) is 1. The van der Waals surface area contributed by atoms with Crippen molar-refractivity contribution >= 4 is 23.2 Å². The Morgan fingerprint density at radius 1 is 0.906 bits per heavy atom. The number of benzene rings is 3. The zero-order valence-electron chi connectivity index (χ0n) is 29.8. The predicted octanol–water partition coefficient (Wildman–Crippen LogP) is 7.80. The molecule has 3 N–H and O–H groups in total. The van der Waals surface area contributed by atoms with E-state index in [-0.39, 0.29) is 31.0 Å². The van der Waals surface area contributed by atoms with Gasteiger partial charge in [0, 0.05) is 67.4 Å². The number of aliphatic hydroxyl groups is 2. The van der Waals surface area contributed by atoms with Crippen LogP contribution >= 0.6 is 23.2 Å². The summed E-state index contributed by atoms with van der Waals surface area (Å²) in [5.74, 6) is 1.80. The van der Waals surface area contributed by atoms with Gasteiger partial charge >= 0.3 is 0 Å². The number of nitrogens with zero attached hydrogens (tertiary/aromatic N) is 3. The maximum absolute atomic E-state index is 10.4. The number of halogens is 2. The van der Waals surface area contributed by atoms with Crippen LogP contribution in [-0.2, 0) is 19.6 Å². The first kappa shape index (κ1) is 37.4. The number of aromatic nitrogens is 1. The molecule has 3 aliphatic rings. The molecule has 1 saturated carbocycles. The van der Waals surface area contributed by atoms with Gasteiger partial charge in [0.1, 0.15) is 36.0 Å². The van der Waals surface area contributed by atoms with Gasteiger partial charge in [0.15, 0.2) is 0 Å². The Morgan fingerprint density at radius 3 is 2.55 bits per heavy atom. The van der Waals surface area contributed by atoms with Gasteiger partial charge in [0.25, 0.3) is 0 Å². The Morgan fingerprint density at radius 2 is 1.74 bits per heavy atom. The highest BCUT2D eigenvalue weighted by Crippen LogP contribution is 2.45. The molecule has 3 aromatic carbocycles.